The average molecular weight is 204 g/mol. The van der Waals surface area contributed by atoms with Crippen LogP contribution < -0.4 is 0 Å². The predicted molar refractivity (Wildman–Crippen MR) is 58.5 cm³/mol. The number of allylic oxidation sites excluding steroid dienone is 2. The molecule has 2 rings (SSSR count). The standard InChI is InChI=1S/C10H17ClP/c1-8-3-4-9-5-6-12(2,11)10(9)7-8/h5,8,10H,3-4,6-7H2,1-2H3/q+1/t8-,10+,12?/m1/s1. The second-order valence-corrected chi connectivity index (χ2v) is 10.1. The Balaban J connectivity index is 2.17. The Morgan fingerprint density at radius 3 is 3.08 bits per heavy atom. The Kier molecular flexibility index (Phi) is 2.25. The van der Waals surface area contributed by atoms with E-state index in [1.54, 1.807) is 5.57 Å². The van der Waals surface area contributed by atoms with Crippen LogP contribution in [0.1, 0.15) is 26.2 Å². The molecular weight excluding hydrogens is 187 g/mol. The lowest BCUT2D eigenvalue weighted by atomic mass is 9.87. The SMILES string of the molecule is C[C@@H]1CCC2=CC[P+](C)(Cl)[C@H]2C1. The van der Waals surface area contributed by atoms with E-state index in [4.69, 9.17) is 11.2 Å². The molecule has 12 heavy (non-hydrogen) atoms. The van der Waals surface area contributed by atoms with Gasteiger partial charge in [0.05, 0.1) is 24.1 Å². The molecule has 0 amide bonds. The molecule has 2 heteroatoms. The van der Waals surface area contributed by atoms with E-state index in [0.29, 0.717) is 0 Å². The van der Waals surface area contributed by atoms with E-state index in [2.05, 4.69) is 19.7 Å². The minimum absolute atomic E-state index is 0.794. The average Bonchev–Trinajstić information content (AvgIpc) is 2.28. The smallest absolute Gasteiger partial charge is 0.0623 e. The van der Waals surface area contributed by atoms with Crippen molar-refractivity contribution in [1.29, 1.82) is 0 Å². The van der Waals surface area contributed by atoms with Gasteiger partial charge in [-0.3, -0.25) is 0 Å². The van der Waals surface area contributed by atoms with Crippen LogP contribution in [0.5, 0.6) is 0 Å². The van der Waals surface area contributed by atoms with Gasteiger partial charge in [-0.05, 0) is 36.8 Å². The van der Waals surface area contributed by atoms with E-state index in [0.717, 1.165) is 11.6 Å². The topological polar surface area (TPSA) is 0 Å². The molecule has 1 unspecified atom stereocenters. The van der Waals surface area contributed by atoms with Crippen LogP contribution in [0.3, 0.4) is 0 Å². The highest BCUT2D eigenvalue weighted by atomic mass is 35.7. The lowest BCUT2D eigenvalue weighted by Gasteiger charge is -2.28. The minimum atomic E-state index is -1.08. The van der Waals surface area contributed by atoms with Gasteiger partial charge in [-0.1, -0.05) is 6.92 Å². The maximum absolute atomic E-state index is 6.57. The summed E-state index contributed by atoms with van der Waals surface area (Å²) in [6.45, 7) is 3.59. The highest BCUT2D eigenvalue weighted by Crippen LogP contribution is 2.72. The Bertz CT molecular complexity index is 220. The molecule has 68 valence electrons. The van der Waals surface area contributed by atoms with Crippen LogP contribution in [0, 0.1) is 5.92 Å². The van der Waals surface area contributed by atoms with Crippen molar-refractivity contribution in [2.24, 2.45) is 5.92 Å². The van der Waals surface area contributed by atoms with Crippen LogP contribution in [0.15, 0.2) is 11.6 Å². The van der Waals surface area contributed by atoms with Gasteiger partial charge in [0.2, 0.25) is 0 Å². The maximum Gasteiger partial charge on any atom is 0.121 e. The summed E-state index contributed by atoms with van der Waals surface area (Å²) in [5.74, 6) is 0.906. The molecule has 0 aromatic rings. The first-order chi connectivity index (χ1) is 5.59. The summed E-state index contributed by atoms with van der Waals surface area (Å²) in [6.07, 6.45) is 7.70. The molecule has 1 aliphatic carbocycles. The Labute approximate surface area is 80.5 Å². The molecule has 0 saturated heterocycles. The second kappa shape index (κ2) is 3.00. The lowest BCUT2D eigenvalue weighted by molar-refractivity contribution is 0.450. The zero-order valence-electron chi connectivity index (χ0n) is 7.89. The molecule has 0 nitrogen and oxygen atoms in total. The summed E-state index contributed by atoms with van der Waals surface area (Å²) in [4.78, 5) is 0. The van der Waals surface area contributed by atoms with Crippen molar-refractivity contribution in [2.45, 2.75) is 31.8 Å². The highest BCUT2D eigenvalue weighted by Gasteiger charge is 2.48. The van der Waals surface area contributed by atoms with Crippen LogP contribution in [-0.2, 0) is 0 Å². The van der Waals surface area contributed by atoms with Crippen molar-refractivity contribution in [3.8, 4) is 0 Å². The molecule has 0 radical (unpaired) electrons. The molecule has 3 atom stereocenters. The molecule has 0 bridgehead atoms. The van der Waals surface area contributed by atoms with Gasteiger partial charge in [-0.15, -0.1) is 0 Å². The number of halogens is 1. The molecule has 0 N–H and O–H groups in total. The van der Waals surface area contributed by atoms with Gasteiger partial charge in [0.25, 0.3) is 0 Å². The van der Waals surface area contributed by atoms with Gasteiger partial charge in [0.1, 0.15) is 12.3 Å². The van der Waals surface area contributed by atoms with E-state index in [-0.39, 0.29) is 0 Å². The van der Waals surface area contributed by atoms with Gasteiger partial charge in [0.15, 0.2) is 0 Å². The van der Waals surface area contributed by atoms with E-state index in [9.17, 15) is 0 Å². The predicted octanol–water partition coefficient (Wildman–Crippen LogP) is 3.92. The fourth-order valence-corrected chi connectivity index (χ4v) is 5.85. The van der Waals surface area contributed by atoms with Gasteiger partial charge < -0.3 is 0 Å². The number of rotatable bonds is 0. The van der Waals surface area contributed by atoms with Crippen molar-refractivity contribution >= 4 is 17.9 Å². The fraction of sp³-hybridized carbons (Fsp3) is 0.800. The molecule has 0 aromatic carbocycles. The Morgan fingerprint density at radius 1 is 1.58 bits per heavy atom. The first kappa shape index (κ1) is 9.03. The Hall–Kier alpha value is 0.460. The molecule has 1 fully saturated rings. The van der Waals surface area contributed by atoms with Crippen molar-refractivity contribution in [2.75, 3.05) is 12.8 Å². The third kappa shape index (κ3) is 1.44. The quantitative estimate of drug-likeness (QED) is 0.414. The molecule has 1 aliphatic heterocycles. The third-order valence-corrected chi connectivity index (χ3v) is 7.20. The molecule has 0 aromatic heterocycles. The monoisotopic (exact) mass is 203 g/mol. The van der Waals surface area contributed by atoms with Crippen molar-refractivity contribution in [1.82, 2.24) is 0 Å². The zero-order chi connectivity index (χ0) is 8.77. The first-order valence-corrected chi connectivity index (χ1v) is 8.23. The molecular formula is C10H17ClP+. The normalized spacial score (nSPS) is 47.1. The van der Waals surface area contributed by atoms with Gasteiger partial charge >= 0.3 is 0 Å². The van der Waals surface area contributed by atoms with E-state index < -0.39 is 6.62 Å². The molecule has 1 heterocycles. The highest BCUT2D eigenvalue weighted by molar-refractivity contribution is 7.99. The van der Waals surface area contributed by atoms with Gasteiger partial charge in [-0.2, -0.15) is 0 Å². The summed E-state index contributed by atoms with van der Waals surface area (Å²) in [5.41, 5.74) is 2.49. The summed E-state index contributed by atoms with van der Waals surface area (Å²) in [5, 5.41) is 0. The van der Waals surface area contributed by atoms with Crippen molar-refractivity contribution in [3.05, 3.63) is 11.6 Å². The summed E-state index contributed by atoms with van der Waals surface area (Å²) < 4.78 is 0. The largest absolute Gasteiger partial charge is 0.121 e. The lowest BCUT2D eigenvalue weighted by Crippen LogP contribution is -2.19. The van der Waals surface area contributed by atoms with E-state index >= 15 is 0 Å². The fourth-order valence-electron chi connectivity index (χ4n) is 2.46. The minimum Gasteiger partial charge on any atom is -0.0623 e. The first-order valence-electron chi connectivity index (χ1n) is 4.83. The van der Waals surface area contributed by atoms with Crippen LogP contribution in [-0.4, -0.2) is 18.5 Å². The molecule has 0 spiro atoms. The van der Waals surface area contributed by atoms with Crippen LogP contribution in [0.25, 0.3) is 0 Å². The van der Waals surface area contributed by atoms with Crippen LogP contribution >= 0.6 is 17.9 Å². The van der Waals surface area contributed by atoms with Gasteiger partial charge in [0, 0.05) is 0 Å². The van der Waals surface area contributed by atoms with Crippen molar-refractivity contribution < 1.29 is 0 Å². The van der Waals surface area contributed by atoms with E-state index in [1.807, 2.05) is 0 Å². The molecule has 1 saturated carbocycles. The molecule has 2 aliphatic rings. The number of hydrogen-bond acceptors (Lipinski definition) is 0. The Morgan fingerprint density at radius 2 is 2.33 bits per heavy atom. The maximum atomic E-state index is 6.57. The van der Waals surface area contributed by atoms with Crippen LogP contribution in [0.4, 0.5) is 0 Å². The number of hydrogen-bond donors (Lipinski definition) is 0. The van der Waals surface area contributed by atoms with Crippen LogP contribution in [0.2, 0.25) is 0 Å². The summed E-state index contributed by atoms with van der Waals surface area (Å²) in [6, 6.07) is 0. The number of fused-ring (bicyclic) bond motifs is 1. The van der Waals surface area contributed by atoms with E-state index in [1.165, 1.54) is 25.4 Å². The zero-order valence-corrected chi connectivity index (χ0v) is 9.54. The summed E-state index contributed by atoms with van der Waals surface area (Å²) in [7, 11) is 0. The third-order valence-electron chi connectivity index (χ3n) is 3.34. The second-order valence-electron chi connectivity index (χ2n) is 4.50. The summed E-state index contributed by atoms with van der Waals surface area (Å²) >= 11 is 6.57. The van der Waals surface area contributed by atoms with Crippen molar-refractivity contribution in [3.63, 3.8) is 0 Å². The van der Waals surface area contributed by atoms with Gasteiger partial charge in [-0.25, -0.2) is 0 Å².